The van der Waals surface area contributed by atoms with Crippen molar-refractivity contribution in [2.24, 2.45) is 0 Å². The molecule has 11 heteroatoms. The normalized spacial score (nSPS) is 17.2. The van der Waals surface area contributed by atoms with Gasteiger partial charge in [0.25, 0.3) is 5.91 Å². The molecule has 1 atom stereocenters. The lowest BCUT2D eigenvalue weighted by Gasteiger charge is -2.36. The van der Waals surface area contributed by atoms with Gasteiger partial charge in [-0.05, 0) is 48.7 Å². The van der Waals surface area contributed by atoms with Crippen molar-refractivity contribution < 1.29 is 28.2 Å². The number of amides is 2. The molecule has 2 amide bonds. The average Bonchev–Trinajstić information content (AvgIpc) is 3.34. The lowest BCUT2D eigenvalue weighted by molar-refractivity contribution is -0.134. The molecule has 2 heterocycles. The fourth-order valence-electron chi connectivity index (χ4n) is 4.49. The largest absolute Gasteiger partial charge is 0.452 e. The van der Waals surface area contributed by atoms with Crippen LogP contribution in [0.1, 0.15) is 36.2 Å². The molecule has 1 N–H and O–H groups in total. The Kier molecular flexibility index (Phi) is 9.34. The summed E-state index contributed by atoms with van der Waals surface area (Å²) in [5, 5.41) is 3.06. The van der Waals surface area contributed by atoms with Crippen molar-refractivity contribution in [1.82, 2.24) is 10.2 Å². The highest BCUT2D eigenvalue weighted by Crippen LogP contribution is 2.28. The van der Waals surface area contributed by atoms with Crippen molar-refractivity contribution in [2.45, 2.75) is 32.8 Å². The van der Waals surface area contributed by atoms with E-state index in [2.05, 4.69) is 5.32 Å². The van der Waals surface area contributed by atoms with E-state index >= 15 is 4.39 Å². The zero-order chi connectivity index (χ0) is 27.9. The molecular formula is C28H33FN4O5S. The van der Waals surface area contributed by atoms with E-state index in [9.17, 15) is 14.4 Å². The molecule has 2 saturated heterocycles. The van der Waals surface area contributed by atoms with Gasteiger partial charge in [-0.1, -0.05) is 38.2 Å². The zero-order valence-corrected chi connectivity index (χ0v) is 23.0. The second kappa shape index (κ2) is 12.9. The smallest absolute Gasteiger partial charge is 0.414 e. The number of thiocarbonyl (C=S) groups is 1. The number of rotatable bonds is 9. The van der Waals surface area contributed by atoms with Crippen LogP contribution in [0.5, 0.6) is 0 Å². The number of hydrogen-bond acceptors (Lipinski definition) is 7. The summed E-state index contributed by atoms with van der Waals surface area (Å²) in [4.78, 5) is 42.7. The summed E-state index contributed by atoms with van der Waals surface area (Å²) < 4.78 is 25.7. The molecule has 0 aromatic heterocycles. The Bertz CT molecular complexity index is 1220. The number of hydrogen-bond donors (Lipinski definition) is 1. The molecule has 1 unspecified atom stereocenters. The summed E-state index contributed by atoms with van der Waals surface area (Å²) in [6.45, 7) is 5.91. The van der Waals surface area contributed by atoms with E-state index in [0.717, 1.165) is 12.0 Å². The lowest BCUT2D eigenvalue weighted by Crippen LogP contribution is -2.50. The van der Waals surface area contributed by atoms with Crippen molar-refractivity contribution in [3.63, 3.8) is 0 Å². The molecule has 2 aromatic carbocycles. The van der Waals surface area contributed by atoms with Gasteiger partial charge in [-0.3, -0.25) is 9.69 Å². The predicted molar refractivity (Wildman–Crippen MR) is 150 cm³/mol. The Morgan fingerprint density at radius 3 is 2.46 bits per heavy atom. The third-order valence-corrected chi connectivity index (χ3v) is 7.30. The van der Waals surface area contributed by atoms with Crippen molar-refractivity contribution in [2.75, 3.05) is 55.7 Å². The van der Waals surface area contributed by atoms with Crippen LogP contribution in [0.2, 0.25) is 0 Å². The van der Waals surface area contributed by atoms with E-state index in [4.69, 9.17) is 21.7 Å². The molecule has 0 bridgehead atoms. The van der Waals surface area contributed by atoms with Crippen LogP contribution in [-0.4, -0.2) is 79.8 Å². The van der Waals surface area contributed by atoms with Crippen molar-refractivity contribution in [3.05, 3.63) is 59.4 Å². The maximum atomic E-state index is 15.1. The number of aryl methyl sites for hydroxylation is 1. The molecule has 2 aliphatic rings. The number of nitrogens with one attached hydrogen (secondary N) is 1. The fraction of sp³-hybridized carbons (Fsp3) is 0.429. The van der Waals surface area contributed by atoms with E-state index in [1.165, 1.54) is 11.0 Å². The van der Waals surface area contributed by atoms with Crippen molar-refractivity contribution >= 4 is 46.6 Å². The molecule has 9 nitrogen and oxygen atoms in total. The van der Waals surface area contributed by atoms with Gasteiger partial charge >= 0.3 is 12.1 Å². The van der Waals surface area contributed by atoms with Gasteiger partial charge < -0.3 is 24.6 Å². The maximum Gasteiger partial charge on any atom is 0.414 e. The minimum absolute atomic E-state index is 0.291. The third kappa shape index (κ3) is 7.03. The van der Waals surface area contributed by atoms with E-state index in [-0.39, 0.29) is 18.6 Å². The number of anilines is 2. The summed E-state index contributed by atoms with van der Waals surface area (Å²) >= 11 is 5.15. The topological polar surface area (TPSA) is 91.4 Å². The van der Waals surface area contributed by atoms with Gasteiger partial charge in [0, 0.05) is 26.2 Å². The highest BCUT2D eigenvalue weighted by atomic mass is 32.1. The highest BCUT2D eigenvalue weighted by molar-refractivity contribution is 7.80. The van der Waals surface area contributed by atoms with E-state index < -0.39 is 17.9 Å². The molecule has 2 aromatic rings. The van der Waals surface area contributed by atoms with Gasteiger partial charge in [0.2, 0.25) is 0 Å². The SMILES string of the molecule is CCC(=S)NCC1CN(c2ccc(N3CCN(C(=O)COC(=O)c4ccc(CC)cc4)CC3)c(F)c2)C(=O)O1. The summed E-state index contributed by atoms with van der Waals surface area (Å²) in [7, 11) is 0. The van der Waals surface area contributed by atoms with E-state index in [0.29, 0.717) is 67.6 Å². The first-order valence-corrected chi connectivity index (χ1v) is 13.5. The number of esters is 1. The summed E-state index contributed by atoms with van der Waals surface area (Å²) in [6.07, 6.45) is 0.670. The first-order chi connectivity index (χ1) is 18.8. The predicted octanol–water partition coefficient (Wildman–Crippen LogP) is 3.55. The minimum atomic E-state index is -0.541. The molecule has 0 aliphatic carbocycles. The van der Waals surface area contributed by atoms with E-state index in [1.807, 2.05) is 30.9 Å². The summed E-state index contributed by atoms with van der Waals surface area (Å²) in [5.41, 5.74) is 2.33. The summed E-state index contributed by atoms with van der Waals surface area (Å²) in [5.74, 6) is -1.29. The number of cyclic esters (lactones) is 1. The molecule has 4 rings (SSSR count). The fourth-order valence-corrected chi connectivity index (χ4v) is 4.57. The Morgan fingerprint density at radius 1 is 1.10 bits per heavy atom. The monoisotopic (exact) mass is 556 g/mol. The van der Waals surface area contributed by atoms with Crippen LogP contribution in [0.3, 0.4) is 0 Å². The molecule has 39 heavy (non-hydrogen) atoms. The molecule has 0 radical (unpaired) electrons. The average molecular weight is 557 g/mol. The number of carbonyl (C=O) groups is 3. The minimum Gasteiger partial charge on any atom is -0.452 e. The quantitative estimate of drug-likeness (QED) is 0.371. The second-order valence-electron chi connectivity index (χ2n) is 9.40. The van der Waals surface area contributed by atoms with Crippen LogP contribution in [0.25, 0.3) is 0 Å². The Labute approximate surface area is 232 Å². The Balaban J connectivity index is 1.26. The molecule has 2 fully saturated rings. The van der Waals surface area contributed by atoms with Gasteiger partial charge in [-0.2, -0.15) is 0 Å². The van der Waals surface area contributed by atoms with Gasteiger partial charge in [-0.15, -0.1) is 0 Å². The Morgan fingerprint density at radius 2 is 1.82 bits per heavy atom. The van der Waals surface area contributed by atoms with Crippen LogP contribution in [0, 0.1) is 5.82 Å². The van der Waals surface area contributed by atoms with Crippen LogP contribution < -0.4 is 15.1 Å². The van der Waals surface area contributed by atoms with Crippen LogP contribution in [-0.2, 0) is 20.7 Å². The number of carbonyl (C=O) groups excluding carboxylic acids is 3. The van der Waals surface area contributed by atoms with Crippen LogP contribution in [0.15, 0.2) is 42.5 Å². The molecule has 208 valence electrons. The lowest BCUT2D eigenvalue weighted by atomic mass is 10.1. The third-order valence-electron chi connectivity index (χ3n) is 6.86. The van der Waals surface area contributed by atoms with Gasteiger partial charge in [0.05, 0.1) is 35.0 Å². The molecule has 0 spiro atoms. The number of halogens is 1. The first-order valence-electron chi connectivity index (χ1n) is 13.1. The van der Waals surface area contributed by atoms with Crippen molar-refractivity contribution in [3.8, 4) is 0 Å². The van der Waals surface area contributed by atoms with Gasteiger partial charge in [0.15, 0.2) is 6.61 Å². The first kappa shape index (κ1) is 28.3. The molecular weight excluding hydrogens is 523 g/mol. The Hall–Kier alpha value is -3.73. The summed E-state index contributed by atoms with van der Waals surface area (Å²) in [6, 6.07) is 11.8. The molecule has 2 aliphatic heterocycles. The number of ether oxygens (including phenoxy) is 2. The van der Waals surface area contributed by atoms with E-state index in [1.54, 1.807) is 29.2 Å². The number of piperazine rings is 1. The molecule has 0 saturated carbocycles. The second-order valence-corrected chi connectivity index (χ2v) is 9.90. The standard InChI is InChI=1S/C28H33FN4O5S/c1-3-19-5-7-20(8-6-19)27(35)37-18-26(34)32-13-11-31(12-14-32)24-10-9-21(15-23(24)29)33-17-22(38-28(33)36)16-30-25(39)4-2/h5-10,15,22H,3-4,11-14,16-18H2,1-2H3,(H,30,39). The highest BCUT2D eigenvalue weighted by Gasteiger charge is 2.33. The van der Waals surface area contributed by atoms with Crippen LogP contribution in [0.4, 0.5) is 20.6 Å². The number of nitrogens with zero attached hydrogens (tertiary/aromatic N) is 3. The van der Waals surface area contributed by atoms with Crippen molar-refractivity contribution in [1.29, 1.82) is 0 Å². The van der Waals surface area contributed by atoms with Gasteiger partial charge in [-0.25, -0.2) is 14.0 Å². The van der Waals surface area contributed by atoms with Gasteiger partial charge in [0.1, 0.15) is 11.9 Å². The van der Waals surface area contributed by atoms with Crippen LogP contribution >= 0.6 is 12.2 Å². The maximum absolute atomic E-state index is 15.1. The number of benzene rings is 2. The zero-order valence-electron chi connectivity index (χ0n) is 22.2.